The van der Waals surface area contributed by atoms with Gasteiger partial charge in [-0.1, -0.05) is 0 Å². The molecule has 3 N–H and O–H groups in total. The highest BCUT2D eigenvalue weighted by Crippen LogP contribution is 2.28. The lowest BCUT2D eigenvalue weighted by Gasteiger charge is -2.26. The number of alkyl halides is 3. The molecule has 182 valence electrons. The van der Waals surface area contributed by atoms with Crippen molar-refractivity contribution in [2.24, 2.45) is 5.92 Å². The van der Waals surface area contributed by atoms with E-state index in [1.54, 1.807) is 24.3 Å². The number of amides is 2. The number of halogens is 3. The quantitative estimate of drug-likeness (QED) is 0.500. The first kappa shape index (κ1) is 25.0. The zero-order valence-electron chi connectivity index (χ0n) is 18.1. The number of nitrogens with zero attached hydrogens (tertiary/aromatic N) is 1. The highest BCUT2D eigenvalue weighted by molar-refractivity contribution is 5.95. The van der Waals surface area contributed by atoms with Crippen LogP contribution in [-0.4, -0.2) is 47.1 Å². The van der Waals surface area contributed by atoms with Crippen LogP contribution in [0.5, 0.6) is 5.75 Å². The van der Waals surface area contributed by atoms with Crippen LogP contribution >= 0.6 is 0 Å². The molecule has 1 fully saturated rings. The number of carboxylic acid groups (broad SMARTS) is 1. The molecule has 1 saturated carbocycles. The largest absolute Gasteiger partial charge is 0.490 e. The molecular formula is C23H24F3N3O5. The molecule has 3 rings (SSSR count). The number of carbonyl (C=O) groups excluding carboxylic acids is 2. The van der Waals surface area contributed by atoms with E-state index in [4.69, 9.17) is 9.84 Å². The van der Waals surface area contributed by atoms with Crippen LogP contribution < -0.4 is 15.4 Å². The molecule has 11 heteroatoms. The summed E-state index contributed by atoms with van der Waals surface area (Å²) < 4.78 is 43.4. The summed E-state index contributed by atoms with van der Waals surface area (Å²) in [5.74, 6) is -1.46. The third-order valence-electron chi connectivity index (χ3n) is 5.45. The Morgan fingerprint density at radius 3 is 1.97 bits per heavy atom. The molecule has 1 aliphatic rings. The van der Waals surface area contributed by atoms with E-state index in [0.717, 1.165) is 18.3 Å². The summed E-state index contributed by atoms with van der Waals surface area (Å²) in [6.07, 6.45) is -1.32. The van der Waals surface area contributed by atoms with Crippen molar-refractivity contribution in [3.63, 3.8) is 0 Å². The first-order valence-corrected chi connectivity index (χ1v) is 10.7. The van der Waals surface area contributed by atoms with E-state index in [0.29, 0.717) is 37.0 Å². The third-order valence-corrected chi connectivity index (χ3v) is 5.45. The van der Waals surface area contributed by atoms with Crippen molar-refractivity contribution in [3.8, 4) is 5.75 Å². The van der Waals surface area contributed by atoms with E-state index in [2.05, 4.69) is 15.6 Å². The fourth-order valence-electron chi connectivity index (χ4n) is 3.56. The topological polar surface area (TPSA) is 118 Å². The van der Waals surface area contributed by atoms with Crippen LogP contribution in [0.4, 0.5) is 13.2 Å². The molecule has 0 atom stereocenters. The number of hydrogen-bond acceptors (Lipinski definition) is 5. The van der Waals surface area contributed by atoms with Crippen LogP contribution in [-0.2, 0) is 11.0 Å². The van der Waals surface area contributed by atoms with Gasteiger partial charge in [-0.2, -0.15) is 13.2 Å². The SMILES string of the molecule is O=C(NCCNC(=O)c1ccc(C(F)(F)F)nc1)c1ccc(OC2CCC(C(=O)O)CC2)cc1. The molecule has 0 aliphatic heterocycles. The molecule has 0 spiro atoms. The number of carbonyl (C=O) groups is 3. The van der Waals surface area contributed by atoms with E-state index in [1.807, 2.05) is 0 Å². The molecule has 0 saturated heterocycles. The lowest BCUT2D eigenvalue weighted by Crippen LogP contribution is -2.34. The molecule has 0 radical (unpaired) electrons. The van der Waals surface area contributed by atoms with Crippen molar-refractivity contribution in [2.75, 3.05) is 13.1 Å². The molecule has 1 aromatic carbocycles. The number of pyridine rings is 1. The summed E-state index contributed by atoms with van der Waals surface area (Å²) in [5.41, 5.74) is -0.718. The number of hydrogen-bond donors (Lipinski definition) is 3. The smallest absolute Gasteiger partial charge is 0.433 e. The van der Waals surface area contributed by atoms with Crippen molar-refractivity contribution >= 4 is 17.8 Å². The Labute approximate surface area is 193 Å². The molecule has 0 unspecified atom stereocenters. The Morgan fingerprint density at radius 1 is 0.912 bits per heavy atom. The number of rotatable bonds is 8. The maximum atomic E-state index is 12.5. The van der Waals surface area contributed by atoms with Crippen LogP contribution in [0.25, 0.3) is 0 Å². The van der Waals surface area contributed by atoms with Gasteiger partial charge in [-0.05, 0) is 62.1 Å². The van der Waals surface area contributed by atoms with E-state index in [9.17, 15) is 27.6 Å². The fraction of sp³-hybridized carbons (Fsp3) is 0.391. The summed E-state index contributed by atoms with van der Waals surface area (Å²) in [6, 6.07) is 8.28. The maximum absolute atomic E-state index is 12.5. The van der Waals surface area contributed by atoms with Crippen LogP contribution in [0.15, 0.2) is 42.6 Å². The molecule has 1 aromatic heterocycles. The zero-order valence-corrected chi connectivity index (χ0v) is 18.1. The van der Waals surface area contributed by atoms with E-state index in [1.165, 1.54) is 0 Å². The number of carboxylic acids is 1. The lowest BCUT2D eigenvalue weighted by molar-refractivity contribution is -0.143. The van der Waals surface area contributed by atoms with Gasteiger partial charge in [0.1, 0.15) is 11.4 Å². The van der Waals surface area contributed by atoms with Crippen molar-refractivity contribution in [1.82, 2.24) is 15.6 Å². The summed E-state index contributed by atoms with van der Waals surface area (Å²) in [7, 11) is 0. The molecule has 34 heavy (non-hydrogen) atoms. The Kier molecular flexibility index (Phi) is 8.08. The molecule has 1 aliphatic carbocycles. The van der Waals surface area contributed by atoms with Gasteiger partial charge in [0, 0.05) is 24.8 Å². The van der Waals surface area contributed by atoms with Gasteiger partial charge in [0.2, 0.25) is 0 Å². The predicted octanol–water partition coefficient (Wildman–Crippen LogP) is 3.28. The predicted molar refractivity (Wildman–Crippen MR) is 114 cm³/mol. The van der Waals surface area contributed by atoms with E-state index in [-0.39, 0.29) is 36.6 Å². The van der Waals surface area contributed by atoms with Gasteiger partial charge < -0.3 is 20.5 Å². The number of benzene rings is 1. The second-order valence-corrected chi connectivity index (χ2v) is 7.90. The van der Waals surface area contributed by atoms with Crippen molar-refractivity contribution in [2.45, 2.75) is 38.0 Å². The summed E-state index contributed by atoms with van der Waals surface area (Å²) in [6.45, 7) is 0.190. The van der Waals surface area contributed by atoms with Gasteiger partial charge in [0.25, 0.3) is 11.8 Å². The third kappa shape index (κ3) is 6.93. The van der Waals surface area contributed by atoms with Gasteiger partial charge >= 0.3 is 12.1 Å². The van der Waals surface area contributed by atoms with Crippen molar-refractivity contribution in [1.29, 1.82) is 0 Å². The Morgan fingerprint density at radius 2 is 1.47 bits per heavy atom. The number of aliphatic carboxylic acids is 1. The molecule has 0 bridgehead atoms. The minimum absolute atomic E-state index is 0.0219. The Balaban J connectivity index is 1.39. The van der Waals surface area contributed by atoms with Gasteiger partial charge in [-0.3, -0.25) is 19.4 Å². The summed E-state index contributed by atoms with van der Waals surface area (Å²) in [4.78, 5) is 38.5. The summed E-state index contributed by atoms with van der Waals surface area (Å²) in [5, 5.41) is 14.2. The minimum Gasteiger partial charge on any atom is -0.490 e. The van der Waals surface area contributed by atoms with E-state index < -0.39 is 23.7 Å². The monoisotopic (exact) mass is 479 g/mol. The Hall–Kier alpha value is -3.63. The Bertz CT molecular complexity index is 1000. The first-order chi connectivity index (χ1) is 16.1. The molecule has 2 amide bonds. The van der Waals surface area contributed by atoms with Gasteiger partial charge in [-0.15, -0.1) is 0 Å². The highest BCUT2D eigenvalue weighted by atomic mass is 19.4. The van der Waals surface area contributed by atoms with Crippen LogP contribution in [0.2, 0.25) is 0 Å². The minimum atomic E-state index is -4.58. The van der Waals surface area contributed by atoms with Crippen LogP contribution in [0.1, 0.15) is 52.1 Å². The van der Waals surface area contributed by atoms with Gasteiger partial charge in [-0.25, -0.2) is 0 Å². The second-order valence-electron chi connectivity index (χ2n) is 7.90. The lowest BCUT2D eigenvalue weighted by atomic mass is 9.87. The molecular weight excluding hydrogens is 455 g/mol. The summed E-state index contributed by atoms with van der Waals surface area (Å²) >= 11 is 0. The number of nitrogens with one attached hydrogen (secondary N) is 2. The van der Waals surface area contributed by atoms with Crippen molar-refractivity contribution < 1.29 is 37.4 Å². The normalized spacial score (nSPS) is 18.1. The maximum Gasteiger partial charge on any atom is 0.433 e. The molecule has 8 nitrogen and oxygen atoms in total. The van der Waals surface area contributed by atoms with Crippen molar-refractivity contribution in [3.05, 3.63) is 59.4 Å². The van der Waals surface area contributed by atoms with Gasteiger partial charge in [0.05, 0.1) is 17.6 Å². The first-order valence-electron chi connectivity index (χ1n) is 10.7. The number of aromatic nitrogens is 1. The standard InChI is InChI=1S/C23H24F3N3O5/c24-23(25,26)19-10-5-16(13-29-19)21(31)28-12-11-27-20(30)14-1-6-17(7-2-14)34-18-8-3-15(4-9-18)22(32)33/h1-2,5-7,10,13,15,18H,3-4,8-9,11-12H2,(H,27,30)(H,28,31)(H,32,33). The molecule has 2 aromatic rings. The van der Waals surface area contributed by atoms with Crippen LogP contribution in [0, 0.1) is 5.92 Å². The zero-order chi connectivity index (χ0) is 24.7. The van der Waals surface area contributed by atoms with E-state index >= 15 is 0 Å². The number of ether oxygens (including phenoxy) is 1. The fourth-order valence-corrected chi connectivity index (χ4v) is 3.56. The van der Waals surface area contributed by atoms with Crippen LogP contribution in [0.3, 0.4) is 0 Å². The average molecular weight is 479 g/mol. The average Bonchev–Trinajstić information content (AvgIpc) is 2.82. The molecule has 1 heterocycles. The second kappa shape index (κ2) is 11.0. The highest BCUT2D eigenvalue weighted by Gasteiger charge is 2.32. The van der Waals surface area contributed by atoms with Gasteiger partial charge in [0.15, 0.2) is 0 Å².